The van der Waals surface area contributed by atoms with Crippen LogP contribution in [0.2, 0.25) is 0 Å². The van der Waals surface area contributed by atoms with E-state index in [1.807, 2.05) is 48.5 Å². The van der Waals surface area contributed by atoms with Gasteiger partial charge in [0.05, 0.1) is 0 Å². The molecular formula is C26H27NO4S. The van der Waals surface area contributed by atoms with Crippen molar-refractivity contribution in [3.63, 3.8) is 0 Å². The minimum Gasteiger partial charge on any atom is -0.457 e. The first-order chi connectivity index (χ1) is 15.1. The number of hydrogen-bond acceptors (Lipinski definition) is 4. The van der Waals surface area contributed by atoms with E-state index < -0.39 is 26.8 Å². The number of esters is 1. The molecule has 5 nitrogen and oxygen atoms in total. The fourth-order valence-electron chi connectivity index (χ4n) is 3.24. The fraction of sp³-hybridized carbons (Fsp3) is 0.192. The van der Waals surface area contributed by atoms with Crippen molar-refractivity contribution in [3.05, 3.63) is 103 Å². The monoisotopic (exact) mass is 449 g/mol. The van der Waals surface area contributed by atoms with Crippen molar-refractivity contribution in [1.82, 2.24) is 3.97 Å². The summed E-state index contributed by atoms with van der Waals surface area (Å²) in [5.41, 5.74) is 2.53. The highest BCUT2D eigenvalue weighted by Gasteiger charge is 2.26. The number of benzene rings is 2. The van der Waals surface area contributed by atoms with Crippen LogP contribution in [0, 0.1) is 0 Å². The van der Waals surface area contributed by atoms with Crippen molar-refractivity contribution in [2.45, 2.75) is 31.6 Å². The van der Waals surface area contributed by atoms with Crippen LogP contribution < -0.4 is 0 Å². The highest BCUT2D eigenvalue weighted by atomic mass is 32.2. The Balaban J connectivity index is 1.86. The summed E-state index contributed by atoms with van der Waals surface area (Å²) >= 11 is 0. The van der Waals surface area contributed by atoms with Gasteiger partial charge in [0.25, 0.3) is 0 Å². The first kappa shape index (κ1) is 23.3. The zero-order valence-electron chi connectivity index (χ0n) is 18.4. The Morgan fingerprint density at radius 1 is 1.03 bits per heavy atom. The van der Waals surface area contributed by atoms with Crippen LogP contribution in [-0.4, -0.2) is 24.0 Å². The molecule has 0 saturated carbocycles. The maximum absolute atomic E-state index is 13.3. The third kappa shape index (κ3) is 5.65. The molecule has 1 heterocycles. The van der Waals surface area contributed by atoms with Crippen LogP contribution in [0.3, 0.4) is 0 Å². The topological polar surface area (TPSA) is 65.4 Å². The Morgan fingerprint density at radius 2 is 1.72 bits per heavy atom. The van der Waals surface area contributed by atoms with Crippen LogP contribution >= 0.6 is 0 Å². The molecule has 0 saturated heterocycles. The minimum atomic E-state index is -3.80. The van der Waals surface area contributed by atoms with Gasteiger partial charge in [-0.1, -0.05) is 54.6 Å². The molecule has 166 valence electrons. The van der Waals surface area contributed by atoms with Gasteiger partial charge in [0, 0.05) is 18.5 Å². The molecule has 0 fully saturated rings. The molecule has 0 amide bonds. The Kier molecular flexibility index (Phi) is 6.84. The summed E-state index contributed by atoms with van der Waals surface area (Å²) < 4.78 is 33.0. The molecule has 0 aliphatic heterocycles. The van der Waals surface area contributed by atoms with Gasteiger partial charge in [-0.3, -0.25) is 3.97 Å². The molecule has 3 aromatic rings. The van der Waals surface area contributed by atoms with Gasteiger partial charge in [0.15, 0.2) is 0 Å². The summed E-state index contributed by atoms with van der Waals surface area (Å²) in [7, 11) is -3.80. The van der Waals surface area contributed by atoms with Crippen LogP contribution in [0.1, 0.15) is 37.1 Å². The number of aromatic nitrogens is 1. The van der Waals surface area contributed by atoms with Crippen molar-refractivity contribution in [1.29, 1.82) is 0 Å². The summed E-state index contributed by atoms with van der Waals surface area (Å²) in [6, 6.07) is 18.8. The molecule has 0 aliphatic carbocycles. The zero-order chi connectivity index (χ0) is 23.4. The van der Waals surface area contributed by atoms with Gasteiger partial charge in [0.2, 0.25) is 10.0 Å². The standard InChI is InChI=1S/C26H27NO4S/c1-5-24(23-13-9-12-22(18-23)21-10-7-6-8-11-21)32(29,30)27-17-16-20(19-27)14-15-25(28)31-26(2,3)4/h5-19,24H,1H2,2-4H3/b15-14+. The van der Waals surface area contributed by atoms with E-state index in [-0.39, 0.29) is 0 Å². The lowest BCUT2D eigenvalue weighted by Crippen LogP contribution is -2.22. The number of rotatable bonds is 7. The van der Waals surface area contributed by atoms with Crippen LogP contribution in [0.4, 0.5) is 0 Å². The Labute approximate surface area is 189 Å². The Morgan fingerprint density at radius 3 is 2.38 bits per heavy atom. The zero-order valence-corrected chi connectivity index (χ0v) is 19.2. The van der Waals surface area contributed by atoms with Crippen LogP contribution in [0.5, 0.6) is 0 Å². The van der Waals surface area contributed by atoms with Crippen LogP contribution in [-0.2, 0) is 19.6 Å². The van der Waals surface area contributed by atoms with Crippen molar-refractivity contribution in [3.8, 4) is 11.1 Å². The molecule has 2 aromatic carbocycles. The molecule has 0 aliphatic rings. The second-order valence-corrected chi connectivity index (χ2v) is 10.3. The first-order valence-corrected chi connectivity index (χ1v) is 11.7. The SMILES string of the molecule is C=CC(c1cccc(-c2ccccc2)c1)S(=O)(=O)n1ccc(/C=C/C(=O)OC(C)(C)C)c1. The maximum atomic E-state index is 13.3. The lowest BCUT2D eigenvalue weighted by atomic mass is 10.0. The Bertz CT molecular complexity index is 1230. The lowest BCUT2D eigenvalue weighted by Gasteiger charge is -2.17. The molecule has 6 heteroatoms. The normalized spacial score (nSPS) is 13.1. The van der Waals surface area contributed by atoms with Crippen LogP contribution in [0.25, 0.3) is 17.2 Å². The average Bonchev–Trinajstić information content (AvgIpc) is 3.22. The first-order valence-electron chi connectivity index (χ1n) is 10.2. The summed E-state index contributed by atoms with van der Waals surface area (Å²) in [6.07, 6.45) is 7.16. The largest absolute Gasteiger partial charge is 0.457 e. The van der Waals surface area contributed by atoms with Gasteiger partial charge in [-0.15, -0.1) is 6.58 Å². The number of carbonyl (C=O) groups is 1. The molecule has 32 heavy (non-hydrogen) atoms. The summed E-state index contributed by atoms with van der Waals surface area (Å²) in [4.78, 5) is 11.9. The molecule has 0 bridgehead atoms. The molecule has 1 atom stereocenters. The van der Waals surface area contributed by atoms with Gasteiger partial charge in [-0.05, 0) is 61.2 Å². The van der Waals surface area contributed by atoms with Gasteiger partial charge in [-0.25, -0.2) is 13.2 Å². The van der Waals surface area contributed by atoms with Crippen molar-refractivity contribution >= 4 is 22.1 Å². The summed E-state index contributed by atoms with van der Waals surface area (Å²) in [5.74, 6) is -0.491. The average molecular weight is 450 g/mol. The number of ether oxygens (including phenoxy) is 1. The van der Waals surface area contributed by atoms with E-state index in [1.165, 1.54) is 30.6 Å². The van der Waals surface area contributed by atoms with E-state index in [4.69, 9.17) is 4.74 Å². The second kappa shape index (κ2) is 9.40. The van der Waals surface area contributed by atoms with Crippen molar-refractivity contribution < 1.29 is 17.9 Å². The molecule has 0 radical (unpaired) electrons. The van der Waals surface area contributed by atoms with E-state index in [2.05, 4.69) is 6.58 Å². The smallest absolute Gasteiger partial charge is 0.331 e. The van der Waals surface area contributed by atoms with E-state index in [1.54, 1.807) is 32.9 Å². The molecule has 1 aromatic heterocycles. The van der Waals surface area contributed by atoms with Gasteiger partial charge >= 0.3 is 5.97 Å². The fourth-order valence-corrected chi connectivity index (χ4v) is 4.73. The quantitative estimate of drug-likeness (QED) is 0.267. The second-order valence-electron chi connectivity index (χ2n) is 8.33. The van der Waals surface area contributed by atoms with E-state index in [0.29, 0.717) is 11.1 Å². The molecular weight excluding hydrogens is 422 g/mol. The van der Waals surface area contributed by atoms with Crippen molar-refractivity contribution in [2.75, 3.05) is 0 Å². The van der Waals surface area contributed by atoms with Crippen LogP contribution in [0.15, 0.2) is 91.8 Å². The predicted octanol–water partition coefficient (Wildman–Crippen LogP) is 5.62. The summed E-state index contributed by atoms with van der Waals surface area (Å²) in [6.45, 7) is 9.11. The van der Waals surface area contributed by atoms with E-state index in [9.17, 15) is 13.2 Å². The number of carbonyl (C=O) groups excluding carboxylic acids is 1. The Hall–Kier alpha value is -3.38. The predicted molar refractivity (Wildman–Crippen MR) is 128 cm³/mol. The third-order valence-corrected chi connectivity index (χ3v) is 6.58. The third-order valence-electron chi connectivity index (χ3n) is 4.66. The maximum Gasteiger partial charge on any atom is 0.331 e. The van der Waals surface area contributed by atoms with E-state index in [0.717, 1.165) is 15.1 Å². The highest BCUT2D eigenvalue weighted by Crippen LogP contribution is 2.30. The lowest BCUT2D eigenvalue weighted by molar-refractivity contribution is -0.148. The number of hydrogen-bond donors (Lipinski definition) is 0. The minimum absolute atomic E-state index is 0.491. The number of nitrogens with zero attached hydrogens (tertiary/aromatic N) is 1. The van der Waals surface area contributed by atoms with Gasteiger partial charge in [-0.2, -0.15) is 0 Å². The molecule has 1 unspecified atom stereocenters. The van der Waals surface area contributed by atoms with Gasteiger partial charge < -0.3 is 4.74 Å². The highest BCUT2D eigenvalue weighted by molar-refractivity contribution is 7.90. The molecule has 0 spiro atoms. The van der Waals surface area contributed by atoms with Crippen molar-refractivity contribution in [2.24, 2.45) is 0 Å². The molecule has 0 N–H and O–H groups in total. The van der Waals surface area contributed by atoms with Gasteiger partial charge in [0.1, 0.15) is 10.9 Å². The van der Waals surface area contributed by atoms with E-state index >= 15 is 0 Å². The summed E-state index contributed by atoms with van der Waals surface area (Å²) in [5, 5.41) is -0.929. The molecule has 3 rings (SSSR count).